The Labute approximate surface area is 108 Å². The third-order valence-electron chi connectivity index (χ3n) is 4.07. The molecule has 1 aromatic rings. The molecular weight excluding hydrogens is 226 g/mol. The summed E-state index contributed by atoms with van der Waals surface area (Å²) in [4.78, 5) is 13.6. The first-order valence-corrected chi connectivity index (χ1v) is 6.61. The molecule has 1 heterocycles. The first-order valence-electron chi connectivity index (χ1n) is 6.61. The second-order valence-electron chi connectivity index (χ2n) is 5.31. The number of ketones is 1. The van der Waals surface area contributed by atoms with Crippen molar-refractivity contribution in [1.29, 1.82) is 0 Å². The van der Waals surface area contributed by atoms with Gasteiger partial charge in [0.25, 0.3) is 0 Å². The number of Topliss-reactive ketones (excluding diaryl/α,β-unsaturated/α-hetero) is 1. The molecule has 98 valence electrons. The fraction of sp³-hybridized carbons (Fsp3) is 0.533. The van der Waals surface area contributed by atoms with E-state index in [9.17, 15) is 9.90 Å². The summed E-state index contributed by atoms with van der Waals surface area (Å²) < 4.78 is 0. The lowest BCUT2D eigenvalue weighted by Crippen LogP contribution is -2.42. The van der Waals surface area contributed by atoms with Crippen molar-refractivity contribution < 1.29 is 9.90 Å². The Bertz CT molecular complexity index is 456. The van der Waals surface area contributed by atoms with Gasteiger partial charge in [0, 0.05) is 24.3 Å². The van der Waals surface area contributed by atoms with Gasteiger partial charge in [-0.05, 0) is 44.7 Å². The highest BCUT2D eigenvalue weighted by Crippen LogP contribution is 2.31. The van der Waals surface area contributed by atoms with Crippen LogP contribution in [0.5, 0.6) is 5.75 Å². The van der Waals surface area contributed by atoms with Crippen molar-refractivity contribution >= 4 is 11.5 Å². The van der Waals surface area contributed by atoms with E-state index in [-0.39, 0.29) is 11.5 Å². The molecule has 1 aliphatic rings. The maximum absolute atomic E-state index is 11.3. The molecular formula is C15H21NO2. The largest absolute Gasteiger partial charge is 0.507 e. The van der Waals surface area contributed by atoms with E-state index in [0.29, 0.717) is 17.5 Å². The van der Waals surface area contributed by atoms with Gasteiger partial charge in [-0.1, -0.05) is 6.92 Å². The predicted molar refractivity (Wildman–Crippen MR) is 73.3 cm³/mol. The van der Waals surface area contributed by atoms with Crippen LogP contribution >= 0.6 is 0 Å². The van der Waals surface area contributed by atoms with Crippen molar-refractivity contribution in [3.05, 3.63) is 23.8 Å². The molecule has 3 nitrogen and oxygen atoms in total. The Hall–Kier alpha value is -1.51. The number of piperidine rings is 1. The van der Waals surface area contributed by atoms with Crippen LogP contribution < -0.4 is 4.90 Å². The summed E-state index contributed by atoms with van der Waals surface area (Å²) >= 11 is 0. The maximum atomic E-state index is 11.3. The number of nitrogens with zero attached hydrogens (tertiary/aromatic N) is 1. The minimum atomic E-state index is -0.0980. The van der Waals surface area contributed by atoms with Gasteiger partial charge in [0.05, 0.1) is 5.56 Å². The number of carbonyl (C=O) groups excluding carboxylic acids is 1. The molecule has 2 rings (SSSR count). The third kappa shape index (κ3) is 2.35. The van der Waals surface area contributed by atoms with Gasteiger partial charge in [-0.25, -0.2) is 0 Å². The van der Waals surface area contributed by atoms with Crippen LogP contribution in [-0.2, 0) is 0 Å². The molecule has 1 saturated heterocycles. The number of hydrogen-bond donors (Lipinski definition) is 1. The molecule has 1 fully saturated rings. The topological polar surface area (TPSA) is 40.5 Å². The Morgan fingerprint density at radius 1 is 1.39 bits per heavy atom. The van der Waals surface area contributed by atoms with Crippen molar-refractivity contribution in [1.82, 2.24) is 0 Å². The van der Waals surface area contributed by atoms with Crippen molar-refractivity contribution in [3.8, 4) is 5.75 Å². The van der Waals surface area contributed by atoms with E-state index in [0.717, 1.165) is 12.2 Å². The molecule has 0 saturated carbocycles. The van der Waals surface area contributed by atoms with Crippen molar-refractivity contribution in [2.45, 2.75) is 39.7 Å². The minimum absolute atomic E-state index is 0.0884. The Balaban J connectivity index is 2.28. The SMILES string of the molecule is CC(=O)c1ccc(N2CCCC(C)C2C)cc1O. The van der Waals surface area contributed by atoms with Crippen molar-refractivity contribution in [3.63, 3.8) is 0 Å². The Kier molecular flexibility index (Phi) is 3.60. The Morgan fingerprint density at radius 3 is 2.72 bits per heavy atom. The highest BCUT2D eigenvalue weighted by atomic mass is 16.3. The van der Waals surface area contributed by atoms with Crippen LogP contribution in [-0.4, -0.2) is 23.5 Å². The lowest BCUT2D eigenvalue weighted by atomic mass is 9.91. The highest BCUT2D eigenvalue weighted by Gasteiger charge is 2.25. The van der Waals surface area contributed by atoms with Gasteiger partial charge in [-0.2, -0.15) is 0 Å². The number of rotatable bonds is 2. The van der Waals surface area contributed by atoms with Gasteiger partial charge >= 0.3 is 0 Å². The van der Waals surface area contributed by atoms with E-state index >= 15 is 0 Å². The molecule has 0 radical (unpaired) electrons. The summed E-state index contributed by atoms with van der Waals surface area (Å²) in [6, 6.07) is 5.84. The van der Waals surface area contributed by atoms with Crippen molar-refractivity contribution in [2.75, 3.05) is 11.4 Å². The normalized spacial score (nSPS) is 24.1. The lowest BCUT2D eigenvalue weighted by molar-refractivity contribution is 0.101. The first-order chi connectivity index (χ1) is 8.50. The summed E-state index contributed by atoms with van der Waals surface area (Å²) in [5, 5.41) is 9.90. The molecule has 3 heteroatoms. The van der Waals surface area contributed by atoms with Crippen molar-refractivity contribution in [2.24, 2.45) is 5.92 Å². The summed E-state index contributed by atoms with van der Waals surface area (Å²) in [5.41, 5.74) is 1.41. The summed E-state index contributed by atoms with van der Waals surface area (Å²) in [7, 11) is 0. The van der Waals surface area contributed by atoms with E-state index in [1.807, 2.05) is 6.07 Å². The van der Waals surface area contributed by atoms with Crippen LogP contribution in [0, 0.1) is 5.92 Å². The minimum Gasteiger partial charge on any atom is -0.507 e. The van der Waals surface area contributed by atoms with Gasteiger partial charge in [-0.3, -0.25) is 4.79 Å². The van der Waals surface area contributed by atoms with Crippen LogP contribution in [0.15, 0.2) is 18.2 Å². The van der Waals surface area contributed by atoms with Gasteiger partial charge in [0.1, 0.15) is 5.75 Å². The number of aromatic hydroxyl groups is 1. The van der Waals surface area contributed by atoms with E-state index in [4.69, 9.17) is 0 Å². The van der Waals surface area contributed by atoms with Crippen LogP contribution in [0.4, 0.5) is 5.69 Å². The smallest absolute Gasteiger partial charge is 0.163 e. The molecule has 1 N–H and O–H groups in total. The van der Waals surface area contributed by atoms with E-state index in [1.165, 1.54) is 19.8 Å². The second-order valence-corrected chi connectivity index (χ2v) is 5.31. The summed E-state index contributed by atoms with van der Waals surface area (Å²) in [6.45, 7) is 6.98. The maximum Gasteiger partial charge on any atom is 0.163 e. The monoisotopic (exact) mass is 247 g/mol. The Morgan fingerprint density at radius 2 is 2.11 bits per heavy atom. The number of phenolic OH excluding ortho intramolecular Hbond substituents is 1. The van der Waals surface area contributed by atoms with E-state index < -0.39 is 0 Å². The molecule has 0 spiro atoms. The van der Waals surface area contributed by atoms with Gasteiger partial charge in [0.15, 0.2) is 5.78 Å². The zero-order valence-corrected chi connectivity index (χ0v) is 11.3. The molecule has 0 aromatic heterocycles. The van der Waals surface area contributed by atoms with E-state index in [2.05, 4.69) is 18.7 Å². The second kappa shape index (κ2) is 5.01. The standard InChI is InChI=1S/C15H21NO2/c1-10-5-4-8-16(11(10)2)13-6-7-14(12(3)17)15(18)9-13/h6-7,9-11,18H,4-5,8H2,1-3H3. The molecule has 1 aromatic carbocycles. The first kappa shape index (κ1) is 12.9. The van der Waals surface area contributed by atoms with Gasteiger partial charge < -0.3 is 10.0 Å². The number of anilines is 1. The average molecular weight is 247 g/mol. The summed E-state index contributed by atoms with van der Waals surface area (Å²) in [5.74, 6) is 0.651. The fourth-order valence-corrected chi connectivity index (χ4v) is 2.70. The molecule has 2 atom stereocenters. The molecule has 18 heavy (non-hydrogen) atoms. The molecule has 0 aliphatic carbocycles. The van der Waals surface area contributed by atoms with Gasteiger partial charge in [-0.15, -0.1) is 0 Å². The fourth-order valence-electron chi connectivity index (χ4n) is 2.70. The average Bonchev–Trinajstić information content (AvgIpc) is 2.32. The predicted octanol–water partition coefficient (Wildman–Crippen LogP) is 3.22. The zero-order valence-electron chi connectivity index (χ0n) is 11.3. The van der Waals surface area contributed by atoms with Crippen LogP contribution in [0.25, 0.3) is 0 Å². The molecule has 0 bridgehead atoms. The van der Waals surface area contributed by atoms with E-state index in [1.54, 1.807) is 12.1 Å². The number of hydrogen-bond acceptors (Lipinski definition) is 3. The molecule has 1 aliphatic heterocycles. The quantitative estimate of drug-likeness (QED) is 0.816. The molecule has 0 amide bonds. The third-order valence-corrected chi connectivity index (χ3v) is 4.07. The number of phenols is 1. The highest BCUT2D eigenvalue weighted by molar-refractivity contribution is 5.97. The van der Waals surface area contributed by atoms with Crippen LogP contribution in [0.1, 0.15) is 44.0 Å². The summed E-state index contributed by atoms with van der Waals surface area (Å²) in [6.07, 6.45) is 2.44. The van der Waals surface area contributed by atoms with Crippen LogP contribution in [0.3, 0.4) is 0 Å². The zero-order chi connectivity index (χ0) is 13.3. The number of carbonyl (C=O) groups is 1. The molecule has 2 unspecified atom stereocenters. The lowest BCUT2D eigenvalue weighted by Gasteiger charge is -2.39. The van der Waals surface area contributed by atoms with Crippen LogP contribution in [0.2, 0.25) is 0 Å². The number of benzene rings is 1. The van der Waals surface area contributed by atoms with Gasteiger partial charge in [0.2, 0.25) is 0 Å².